The molecule has 0 spiro atoms. The third-order valence-electron chi connectivity index (χ3n) is 5.37. The first-order chi connectivity index (χ1) is 12.3. The molecule has 4 aromatic rings. The molecular formula is C21H22BNO2S. The van der Waals surface area contributed by atoms with Crippen molar-refractivity contribution in [1.29, 1.82) is 0 Å². The van der Waals surface area contributed by atoms with E-state index in [4.69, 9.17) is 4.65 Å². The van der Waals surface area contributed by atoms with Gasteiger partial charge in [-0.25, -0.2) is 4.98 Å². The molecule has 0 radical (unpaired) electrons. The molecule has 132 valence electrons. The van der Waals surface area contributed by atoms with Crippen LogP contribution in [0.2, 0.25) is 0 Å². The van der Waals surface area contributed by atoms with Crippen LogP contribution in [0.15, 0.2) is 48.7 Å². The molecule has 0 amide bonds. The van der Waals surface area contributed by atoms with Crippen molar-refractivity contribution in [2.75, 3.05) is 0 Å². The number of thiophene rings is 1. The third-order valence-corrected chi connectivity index (χ3v) is 6.53. The van der Waals surface area contributed by atoms with Gasteiger partial charge in [0.2, 0.25) is 0 Å². The second-order valence-electron chi connectivity index (χ2n) is 7.81. The van der Waals surface area contributed by atoms with Crippen LogP contribution in [0.1, 0.15) is 27.7 Å². The molecule has 0 bridgehead atoms. The first kappa shape index (κ1) is 17.5. The topological polar surface area (TPSA) is 42.4 Å². The lowest BCUT2D eigenvalue weighted by Crippen LogP contribution is -2.49. The fourth-order valence-electron chi connectivity index (χ4n) is 2.97. The highest BCUT2D eigenvalue weighted by atomic mass is 32.1. The first-order valence-corrected chi connectivity index (χ1v) is 9.63. The Bertz CT molecular complexity index is 1110. The molecule has 0 atom stereocenters. The Morgan fingerprint density at radius 1 is 1.00 bits per heavy atom. The minimum Gasteiger partial charge on any atom is -0.427 e. The van der Waals surface area contributed by atoms with Crippen LogP contribution in [0.25, 0.3) is 31.1 Å². The molecule has 2 aromatic carbocycles. The highest BCUT2D eigenvalue weighted by Crippen LogP contribution is 2.36. The van der Waals surface area contributed by atoms with E-state index < -0.39 is 11.2 Å². The van der Waals surface area contributed by atoms with Crippen LogP contribution in [0.4, 0.5) is 0 Å². The molecule has 26 heavy (non-hydrogen) atoms. The second kappa shape index (κ2) is 6.05. The SMILES string of the molecule is CC(C)(O)C(C)(C)OBc1ccc2ccc3c4cccnc4sc3c2c1. The standard InChI is InChI=1S/C21H22BNO2S/c1-20(2,24)21(3,4)25-22-14-9-7-13-8-10-15-16-6-5-11-23-19(16)26-18(15)17(13)12-14/h5-12,22,24H,1-4H3. The molecule has 0 saturated carbocycles. The predicted molar refractivity (Wildman–Crippen MR) is 113 cm³/mol. The molecule has 5 heteroatoms. The van der Waals surface area contributed by atoms with Crippen molar-refractivity contribution in [3.05, 3.63) is 48.7 Å². The van der Waals surface area contributed by atoms with E-state index in [0.29, 0.717) is 7.48 Å². The van der Waals surface area contributed by atoms with Crippen molar-refractivity contribution in [3.63, 3.8) is 0 Å². The van der Waals surface area contributed by atoms with E-state index in [2.05, 4.69) is 41.4 Å². The number of aliphatic hydroxyl groups is 1. The van der Waals surface area contributed by atoms with Crippen molar-refractivity contribution in [3.8, 4) is 0 Å². The molecular weight excluding hydrogens is 341 g/mol. The van der Waals surface area contributed by atoms with E-state index >= 15 is 0 Å². The van der Waals surface area contributed by atoms with Gasteiger partial charge in [-0.15, -0.1) is 11.3 Å². The maximum atomic E-state index is 10.3. The lowest BCUT2D eigenvalue weighted by Gasteiger charge is -2.37. The van der Waals surface area contributed by atoms with Gasteiger partial charge in [-0.1, -0.05) is 35.8 Å². The molecule has 1 N–H and O–H groups in total. The molecule has 4 rings (SSSR count). The second-order valence-corrected chi connectivity index (χ2v) is 8.81. The van der Waals surface area contributed by atoms with Crippen LogP contribution < -0.4 is 5.46 Å². The number of rotatable bonds is 4. The van der Waals surface area contributed by atoms with Crippen molar-refractivity contribution in [2.24, 2.45) is 0 Å². The van der Waals surface area contributed by atoms with E-state index in [-0.39, 0.29) is 0 Å². The molecule has 2 heterocycles. The van der Waals surface area contributed by atoms with Gasteiger partial charge in [-0.05, 0) is 50.6 Å². The van der Waals surface area contributed by atoms with Gasteiger partial charge in [0.1, 0.15) is 4.83 Å². The maximum Gasteiger partial charge on any atom is 0.309 e. The number of aromatic nitrogens is 1. The molecule has 0 aliphatic carbocycles. The zero-order valence-corrected chi connectivity index (χ0v) is 16.4. The minimum absolute atomic E-state index is 0.465. The van der Waals surface area contributed by atoms with E-state index in [1.807, 2.05) is 26.1 Å². The Balaban J connectivity index is 1.77. The zero-order valence-electron chi connectivity index (χ0n) is 15.5. The highest BCUT2D eigenvalue weighted by Gasteiger charge is 2.35. The molecule has 0 aliphatic heterocycles. The monoisotopic (exact) mass is 363 g/mol. The van der Waals surface area contributed by atoms with Crippen molar-refractivity contribution < 1.29 is 9.76 Å². The van der Waals surface area contributed by atoms with Gasteiger partial charge in [0.25, 0.3) is 0 Å². The summed E-state index contributed by atoms with van der Waals surface area (Å²) in [6, 6.07) is 14.9. The van der Waals surface area contributed by atoms with E-state index in [9.17, 15) is 5.11 Å². The lowest BCUT2D eigenvalue weighted by atomic mass is 9.82. The van der Waals surface area contributed by atoms with Gasteiger partial charge < -0.3 is 9.76 Å². The van der Waals surface area contributed by atoms with E-state index in [1.54, 1.807) is 25.2 Å². The Kier molecular flexibility index (Phi) is 4.06. The van der Waals surface area contributed by atoms with Gasteiger partial charge in [0, 0.05) is 21.7 Å². The summed E-state index contributed by atoms with van der Waals surface area (Å²) in [4.78, 5) is 5.58. The van der Waals surface area contributed by atoms with Crippen LogP contribution in [0, 0.1) is 0 Å². The average molecular weight is 363 g/mol. The number of fused-ring (bicyclic) bond motifs is 5. The summed E-state index contributed by atoms with van der Waals surface area (Å²) in [5, 5.41) is 15.2. The average Bonchev–Trinajstić information content (AvgIpc) is 2.98. The summed E-state index contributed by atoms with van der Waals surface area (Å²) in [7, 11) is 0.465. The van der Waals surface area contributed by atoms with Crippen LogP contribution in [-0.2, 0) is 4.65 Å². The largest absolute Gasteiger partial charge is 0.427 e. The molecule has 0 aliphatic rings. The van der Waals surface area contributed by atoms with Gasteiger partial charge in [0.05, 0.1) is 11.2 Å². The Hall–Kier alpha value is -1.95. The van der Waals surface area contributed by atoms with Gasteiger partial charge in [0.15, 0.2) is 0 Å². The molecule has 0 unspecified atom stereocenters. The van der Waals surface area contributed by atoms with Crippen LogP contribution in [0.3, 0.4) is 0 Å². The molecule has 0 saturated heterocycles. The summed E-state index contributed by atoms with van der Waals surface area (Å²) >= 11 is 1.74. The Morgan fingerprint density at radius 2 is 1.77 bits per heavy atom. The molecule has 3 nitrogen and oxygen atoms in total. The minimum atomic E-state index is -0.908. The first-order valence-electron chi connectivity index (χ1n) is 8.81. The Labute approximate surface area is 157 Å². The Morgan fingerprint density at radius 3 is 2.54 bits per heavy atom. The van der Waals surface area contributed by atoms with Gasteiger partial charge in [-0.2, -0.15) is 0 Å². The van der Waals surface area contributed by atoms with Crippen molar-refractivity contribution >= 4 is 55.4 Å². The molecule has 2 aromatic heterocycles. The number of nitrogens with zero attached hydrogens (tertiary/aromatic N) is 1. The van der Waals surface area contributed by atoms with Gasteiger partial charge >= 0.3 is 7.48 Å². The number of pyridine rings is 1. The van der Waals surface area contributed by atoms with Crippen molar-refractivity contribution in [2.45, 2.75) is 38.9 Å². The van der Waals surface area contributed by atoms with Gasteiger partial charge in [-0.3, -0.25) is 0 Å². The van der Waals surface area contributed by atoms with Crippen LogP contribution in [-0.4, -0.2) is 28.8 Å². The summed E-state index contributed by atoms with van der Waals surface area (Å²) in [6.45, 7) is 7.40. The lowest BCUT2D eigenvalue weighted by molar-refractivity contribution is -0.0893. The third kappa shape index (κ3) is 2.90. The van der Waals surface area contributed by atoms with E-state index in [0.717, 1.165) is 10.3 Å². The van der Waals surface area contributed by atoms with Crippen LogP contribution >= 0.6 is 11.3 Å². The van der Waals surface area contributed by atoms with Crippen molar-refractivity contribution in [1.82, 2.24) is 4.98 Å². The fraction of sp³-hybridized carbons (Fsp3) is 0.286. The number of benzene rings is 2. The smallest absolute Gasteiger partial charge is 0.309 e. The van der Waals surface area contributed by atoms with Crippen LogP contribution in [0.5, 0.6) is 0 Å². The summed E-state index contributed by atoms with van der Waals surface area (Å²) in [5.41, 5.74) is -0.434. The van der Waals surface area contributed by atoms with E-state index in [1.165, 1.54) is 26.2 Å². The maximum absolute atomic E-state index is 10.3. The quantitative estimate of drug-likeness (QED) is 0.554. The fourth-order valence-corrected chi connectivity index (χ4v) is 4.13. The molecule has 0 fully saturated rings. The summed E-state index contributed by atoms with van der Waals surface area (Å²) in [6.07, 6.45) is 1.85. The highest BCUT2D eigenvalue weighted by molar-refractivity contribution is 7.26. The normalized spacial score (nSPS) is 13.0. The summed E-state index contributed by atoms with van der Waals surface area (Å²) in [5.74, 6) is 0. The summed E-state index contributed by atoms with van der Waals surface area (Å²) < 4.78 is 7.30. The zero-order chi connectivity index (χ0) is 18.5. The number of hydrogen-bond acceptors (Lipinski definition) is 4. The predicted octanol–water partition coefficient (Wildman–Crippen LogP) is 4.15. The number of hydrogen-bond donors (Lipinski definition) is 1.